The molecule has 71 heavy (non-hydrogen) atoms. The lowest BCUT2D eigenvalue weighted by Gasteiger charge is -2.41. The number of hydrogen-bond donors (Lipinski definition) is 9. The van der Waals surface area contributed by atoms with Crippen LogP contribution in [0.15, 0.2) is 51.9 Å². The number of phenols is 1. The number of unbranched alkanes of at least 4 members (excludes halogenated alkanes) is 1. The van der Waals surface area contributed by atoms with Gasteiger partial charge in [-0.05, 0) is 148 Å². The third-order valence-electron chi connectivity index (χ3n) is 17.9. The minimum Gasteiger partial charge on any atom is -0.504 e. The Morgan fingerprint density at radius 3 is 2.65 bits per heavy atom. The van der Waals surface area contributed by atoms with Crippen LogP contribution in [0.3, 0.4) is 0 Å². The number of ether oxygens (including phenoxy) is 1. The molecule has 6 aliphatic carbocycles. The molecule has 0 radical (unpaired) electrons. The van der Waals surface area contributed by atoms with E-state index in [1.54, 1.807) is 6.07 Å². The third-order valence-corrected chi connectivity index (χ3v) is 20.5. The van der Waals surface area contributed by atoms with Gasteiger partial charge in [-0.1, -0.05) is 85.3 Å². The van der Waals surface area contributed by atoms with E-state index in [0.29, 0.717) is 72.6 Å². The van der Waals surface area contributed by atoms with Crippen molar-refractivity contribution in [2.24, 2.45) is 51.5 Å². The van der Waals surface area contributed by atoms with Gasteiger partial charge in [-0.15, -0.1) is 0 Å². The number of fused-ring (bicyclic) bond motifs is 2. The van der Waals surface area contributed by atoms with Gasteiger partial charge in [0, 0.05) is 78.3 Å². The molecule has 10 rings (SSSR count). The first-order valence-corrected chi connectivity index (χ1v) is 30.2. The SMILES string of the molecule is CC(O)CNCC1c2cc(C(O)COc3cc(CCc4cc(CO)c(CCCCC5CC(N)C6CSSCC(N=C(N)NC7CCCCC7)C(C)CCC5C6)o4)ccc3O)[nH]c2C2C=CC13CCCC3C2. The summed E-state index contributed by atoms with van der Waals surface area (Å²) in [6.07, 6.45) is 24.7. The topological polar surface area (TPSA) is 208 Å². The van der Waals surface area contributed by atoms with Gasteiger partial charge in [0.1, 0.15) is 24.2 Å². The van der Waals surface area contributed by atoms with Gasteiger partial charge in [-0.2, -0.15) is 0 Å². The third kappa shape index (κ3) is 12.9. The Bertz CT molecular complexity index is 2240. The van der Waals surface area contributed by atoms with Gasteiger partial charge in [0.25, 0.3) is 0 Å². The molecule has 3 aromatic rings. The van der Waals surface area contributed by atoms with Crippen LogP contribution in [0.4, 0.5) is 0 Å². The molecule has 12 nitrogen and oxygen atoms in total. The lowest BCUT2D eigenvalue weighted by molar-refractivity contribution is 0.103. The first-order valence-electron chi connectivity index (χ1n) is 27.7. The molecular weight excluding hydrogens is 929 g/mol. The number of furan rings is 1. The molecule has 0 amide bonds. The second-order valence-electron chi connectivity index (χ2n) is 22.9. The minimum atomic E-state index is -0.906. The van der Waals surface area contributed by atoms with Gasteiger partial charge in [0.15, 0.2) is 17.5 Å². The van der Waals surface area contributed by atoms with Crippen molar-refractivity contribution in [2.45, 2.75) is 185 Å². The molecule has 7 aliphatic rings. The molecule has 14 heteroatoms. The highest BCUT2D eigenvalue weighted by molar-refractivity contribution is 8.76. The Hall–Kier alpha value is -3.11. The van der Waals surface area contributed by atoms with Crippen LogP contribution >= 0.6 is 21.6 Å². The number of hydrogen-bond acceptors (Lipinski definition) is 11. The van der Waals surface area contributed by atoms with Crippen LogP contribution in [-0.2, 0) is 25.9 Å². The van der Waals surface area contributed by atoms with E-state index in [0.717, 1.165) is 91.3 Å². The fourth-order valence-electron chi connectivity index (χ4n) is 13.8. The molecule has 11 N–H and O–H groups in total. The summed E-state index contributed by atoms with van der Waals surface area (Å²) >= 11 is 0. The number of phenolic OH excluding ortho intramolecular Hbond substituents is 1. The van der Waals surface area contributed by atoms with E-state index in [-0.39, 0.29) is 42.4 Å². The standard InChI is InChI=1S/C57H86N6O6S2/c1-35-14-17-39-24-42(33-70-71-34-50(35)63-56(59)61-44-11-4-3-5-12-44)48(58)27-38(39)9-6-7-13-53-41(31-64)26-45(69-53)18-15-37-16-19-51(66)54(23-37)68-32-52(67)49-28-46-47(30-60-29-36(2)65)57-21-8-10-43(57)25-40(20-22-57)55(46)62-49/h16,19-20,22-23,26,28,35-36,38-40,42-44,47-48,50,52,60,62,64-67H,3-15,17-18,21,24-25,27,29-34,58H2,1-2H3,(H3,59,61,63). The maximum Gasteiger partial charge on any atom is 0.189 e. The number of nitrogens with zero attached hydrogens (tertiary/aromatic N) is 1. The minimum absolute atomic E-state index is 0.00633. The molecule has 4 fully saturated rings. The molecule has 3 saturated carbocycles. The molecule has 12 unspecified atom stereocenters. The van der Waals surface area contributed by atoms with Crippen molar-refractivity contribution < 1.29 is 29.6 Å². The number of aliphatic hydroxyl groups excluding tert-OH is 3. The number of aromatic amines is 1. The van der Waals surface area contributed by atoms with Gasteiger partial charge in [0.2, 0.25) is 0 Å². The van der Waals surface area contributed by atoms with Crippen LogP contribution in [0.2, 0.25) is 0 Å². The summed E-state index contributed by atoms with van der Waals surface area (Å²) in [5.41, 5.74) is 18.6. The number of allylic oxidation sites excluding steroid dienone is 2. The van der Waals surface area contributed by atoms with E-state index in [9.17, 15) is 20.4 Å². The largest absolute Gasteiger partial charge is 0.504 e. The Morgan fingerprint density at radius 1 is 0.972 bits per heavy atom. The van der Waals surface area contributed by atoms with Crippen molar-refractivity contribution in [3.63, 3.8) is 0 Å². The molecule has 1 aliphatic heterocycles. The summed E-state index contributed by atoms with van der Waals surface area (Å²) in [6.45, 7) is 5.46. The number of nitrogens with one attached hydrogen (secondary N) is 3. The maximum atomic E-state index is 11.5. The normalized spacial score (nSPS) is 31.1. The van der Waals surface area contributed by atoms with E-state index < -0.39 is 12.2 Å². The van der Waals surface area contributed by atoms with Crippen molar-refractivity contribution in [3.8, 4) is 11.5 Å². The first kappa shape index (κ1) is 52.7. The molecule has 1 aromatic carbocycles. The summed E-state index contributed by atoms with van der Waals surface area (Å²) in [6, 6.07) is 10.5. The summed E-state index contributed by atoms with van der Waals surface area (Å²) in [7, 11) is 3.94. The van der Waals surface area contributed by atoms with Crippen LogP contribution in [-0.4, -0.2) is 86.8 Å². The van der Waals surface area contributed by atoms with Crippen molar-refractivity contribution >= 4 is 27.5 Å². The Morgan fingerprint density at radius 2 is 1.82 bits per heavy atom. The predicted molar refractivity (Wildman–Crippen MR) is 289 cm³/mol. The molecule has 2 aromatic heterocycles. The zero-order chi connectivity index (χ0) is 49.5. The van der Waals surface area contributed by atoms with E-state index in [2.05, 4.69) is 40.8 Å². The van der Waals surface area contributed by atoms with Crippen LogP contribution in [0, 0.1) is 35.0 Å². The van der Waals surface area contributed by atoms with Gasteiger partial charge >= 0.3 is 0 Å². The van der Waals surface area contributed by atoms with Crippen LogP contribution in [0.1, 0.15) is 174 Å². The van der Waals surface area contributed by atoms with Gasteiger partial charge in [-0.25, -0.2) is 4.99 Å². The summed E-state index contributed by atoms with van der Waals surface area (Å²) in [5.74, 6) is 8.34. The fourth-order valence-corrected chi connectivity index (χ4v) is 16.6. The number of rotatable bonds is 19. The molecular formula is C57H86N6O6S2. The zero-order valence-electron chi connectivity index (χ0n) is 42.7. The summed E-state index contributed by atoms with van der Waals surface area (Å²) < 4.78 is 12.6. The number of aryl methyl sites for hydroxylation is 3. The highest BCUT2D eigenvalue weighted by Crippen LogP contribution is 2.62. The van der Waals surface area contributed by atoms with E-state index >= 15 is 0 Å². The summed E-state index contributed by atoms with van der Waals surface area (Å²) in [5, 5.41) is 49.8. The number of guanidine groups is 1. The van der Waals surface area contributed by atoms with Gasteiger partial charge in [-0.3, -0.25) is 0 Å². The second kappa shape index (κ2) is 24.5. The lowest BCUT2D eigenvalue weighted by atomic mass is 9.64. The average Bonchev–Trinajstić information content (AvgIpc) is 4.08. The Balaban J connectivity index is 0.757. The van der Waals surface area contributed by atoms with Crippen LogP contribution < -0.4 is 26.8 Å². The summed E-state index contributed by atoms with van der Waals surface area (Å²) in [4.78, 5) is 8.72. The predicted octanol–water partition coefficient (Wildman–Crippen LogP) is 9.70. The van der Waals surface area contributed by atoms with Crippen molar-refractivity contribution in [2.75, 3.05) is 31.2 Å². The Kier molecular flexibility index (Phi) is 18.2. The van der Waals surface area contributed by atoms with Crippen LogP contribution in [0.5, 0.6) is 11.5 Å². The fraction of sp³-hybridized carbons (Fsp3) is 0.702. The van der Waals surface area contributed by atoms with Gasteiger partial charge in [0.05, 0.1) is 18.8 Å². The molecule has 3 heterocycles. The number of aromatic hydroxyl groups is 1. The lowest BCUT2D eigenvalue weighted by Crippen LogP contribution is -2.42. The van der Waals surface area contributed by atoms with Crippen molar-refractivity contribution in [1.29, 1.82) is 0 Å². The monoisotopic (exact) mass is 1010 g/mol. The molecule has 1 saturated heterocycles. The molecule has 12 atom stereocenters. The number of aliphatic imine (C=N–C) groups is 1. The first-order chi connectivity index (χ1) is 34.5. The number of H-pyrrole nitrogens is 1. The van der Waals surface area contributed by atoms with Crippen molar-refractivity contribution in [3.05, 3.63) is 82.1 Å². The highest BCUT2D eigenvalue weighted by Gasteiger charge is 2.53. The average molecular weight is 1020 g/mol. The second-order valence-corrected chi connectivity index (χ2v) is 25.4. The van der Waals surface area contributed by atoms with E-state index in [1.165, 1.54) is 75.5 Å². The van der Waals surface area contributed by atoms with Crippen LogP contribution in [0.25, 0.3) is 0 Å². The highest BCUT2D eigenvalue weighted by atomic mass is 33.1. The number of aliphatic hydroxyl groups is 3. The van der Waals surface area contributed by atoms with Crippen molar-refractivity contribution in [1.82, 2.24) is 15.6 Å². The maximum absolute atomic E-state index is 11.5. The number of nitrogens with two attached hydrogens (primary N) is 2. The quantitative estimate of drug-likeness (QED) is 0.0181. The Labute approximate surface area is 431 Å². The smallest absolute Gasteiger partial charge is 0.189 e. The molecule has 392 valence electrons. The van der Waals surface area contributed by atoms with Gasteiger partial charge < -0.3 is 56.7 Å². The van der Waals surface area contributed by atoms with E-state index in [4.69, 9.17) is 25.6 Å². The molecule has 4 bridgehead atoms. The number of aromatic nitrogens is 1. The number of benzene rings is 1. The van der Waals surface area contributed by atoms with E-state index in [1.807, 2.05) is 46.7 Å². The zero-order valence-corrected chi connectivity index (χ0v) is 44.3. The molecule has 1 spiro atoms.